The van der Waals surface area contributed by atoms with E-state index in [-0.39, 0.29) is 44.2 Å². The van der Waals surface area contributed by atoms with Gasteiger partial charge in [0.05, 0.1) is 7.11 Å². The van der Waals surface area contributed by atoms with Gasteiger partial charge < -0.3 is 44.4 Å². The van der Waals surface area contributed by atoms with Crippen molar-refractivity contribution < 1.29 is 47.6 Å². The second-order valence-corrected chi connectivity index (χ2v) is 14.3. The average molecular weight is 852 g/mol. The van der Waals surface area contributed by atoms with Crippen LogP contribution in [0, 0.1) is 0 Å². The summed E-state index contributed by atoms with van der Waals surface area (Å²) in [5, 5.41) is 7.88. The number of amides is 3. The number of esters is 1. The highest BCUT2D eigenvalue weighted by Crippen LogP contribution is 2.32. The van der Waals surface area contributed by atoms with E-state index in [0.29, 0.717) is 29.2 Å². The van der Waals surface area contributed by atoms with Gasteiger partial charge in [0.2, 0.25) is 5.91 Å². The number of nitrogens with one attached hydrogen (secondary N) is 3. The van der Waals surface area contributed by atoms with Crippen LogP contribution in [-0.4, -0.2) is 50.3 Å². The molecule has 0 saturated carbocycles. The van der Waals surface area contributed by atoms with Crippen LogP contribution >= 0.6 is 0 Å². The molecule has 2 atom stereocenters. The maximum Gasteiger partial charge on any atom is 0.412 e. The molecule has 0 heterocycles. The number of hydrogen-bond donors (Lipinski definition) is 3. The summed E-state index contributed by atoms with van der Waals surface area (Å²) >= 11 is 0. The van der Waals surface area contributed by atoms with Crippen LogP contribution in [0.2, 0.25) is 0 Å². The smallest absolute Gasteiger partial charge is 0.412 e. The molecule has 0 saturated heterocycles. The van der Waals surface area contributed by atoms with E-state index in [2.05, 4.69) is 16.0 Å². The lowest BCUT2D eigenvalue weighted by molar-refractivity contribution is -0.145. The first kappa shape index (κ1) is 44.7. The van der Waals surface area contributed by atoms with Crippen LogP contribution in [-0.2, 0) is 58.3 Å². The molecule has 3 N–H and O–H groups in total. The maximum absolute atomic E-state index is 14.3. The first-order chi connectivity index (χ1) is 30.8. The van der Waals surface area contributed by atoms with Crippen LogP contribution in [0.1, 0.15) is 33.4 Å². The normalized spacial score (nSPS) is 11.5. The predicted molar refractivity (Wildman–Crippen MR) is 235 cm³/mol. The van der Waals surface area contributed by atoms with Crippen LogP contribution in [0.4, 0.5) is 9.59 Å². The molecule has 6 aromatic rings. The Labute approximate surface area is 366 Å². The van der Waals surface area contributed by atoms with Crippen molar-refractivity contribution in [3.8, 4) is 23.0 Å². The van der Waals surface area contributed by atoms with Gasteiger partial charge in [-0.05, 0) is 57.6 Å². The van der Waals surface area contributed by atoms with Crippen LogP contribution in [0.15, 0.2) is 158 Å². The minimum Gasteiger partial charge on any atom is -0.485 e. The van der Waals surface area contributed by atoms with E-state index >= 15 is 0 Å². The van der Waals surface area contributed by atoms with Gasteiger partial charge in [0.1, 0.15) is 38.5 Å². The van der Waals surface area contributed by atoms with Crippen molar-refractivity contribution in [2.24, 2.45) is 0 Å². The topological polar surface area (TPSA) is 160 Å². The summed E-state index contributed by atoms with van der Waals surface area (Å²) in [7, 11) is 2.63. The fourth-order valence-electron chi connectivity index (χ4n) is 6.34. The largest absolute Gasteiger partial charge is 0.485 e. The monoisotopic (exact) mass is 851 g/mol. The molecule has 63 heavy (non-hydrogen) atoms. The van der Waals surface area contributed by atoms with E-state index in [1.807, 2.05) is 121 Å². The van der Waals surface area contributed by atoms with Crippen LogP contribution in [0.25, 0.3) is 0 Å². The summed E-state index contributed by atoms with van der Waals surface area (Å²) in [6, 6.07) is 45.6. The number of carbonyl (C=O) groups is 4. The second-order valence-electron chi connectivity index (χ2n) is 14.3. The first-order valence-corrected chi connectivity index (χ1v) is 20.3. The van der Waals surface area contributed by atoms with Gasteiger partial charge in [-0.1, -0.05) is 133 Å². The molecule has 0 spiro atoms. The van der Waals surface area contributed by atoms with Crippen molar-refractivity contribution >= 4 is 24.1 Å². The Morgan fingerprint density at radius 2 is 0.889 bits per heavy atom. The summed E-state index contributed by atoms with van der Waals surface area (Å²) in [4.78, 5) is 53.2. The van der Waals surface area contributed by atoms with Gasteiger partial charge in [-0.3, -0.25) is 4.79 Å². The zero-order chi connectivity index (χ0) is 44.2. The molecule has 0 aliphatic carbocycles. The lowest BCUT2D eigenvalue weighted by Gasteiger charge is -2.23. The third kappa shape index (κ3) is 14.1. The van der Waals surface area contributed by atoms with Gasteiger partial charge in [-0.15, -0.1) is 0 Å². The van der Waals surface area contributed by atoms with E-state index in [9.17, 15) is 19.2 Å². The van der Waals surface area contributed by atoms with Gasteiger partial charge in [0.15, 0.2) is 23.0 Å². The van der Waals surface area contributed by atoms with E-state index in [1.54, 1.807) is 36.4 Å². The van der Waals surface area contributed by atoms with E-state index < -0.39 is 36.1 Å². The van der Waals surface area contributed by atoms with Crippen LogP contribution < -0.4 is 34.9 Å². The summed E-state index contributed by atoms with van der Waals surface area (Å²) in [6.07, 6.45) is -1.68. The van der Waals surface area contributed by atoms with Gasteiger partial charge in [-0.25, -0.2) is 14.4 Å². The molecule has 6 aromatic carbocycles. The Hall–Kier alpha value is -7.80. The molecule has 13 nitrogen and oxygen atoms in total. The molecule has 0 radical (unpaired) electrons. The fourth-order valence-corrected chi connectivity index (χ4v) is 6.34. The summed E-state index contributed by atoms with van der Waals surface area (Å²) in [6.45, 7) is 0.704. The predicted octanol–water partition coefficient (Wildman–Crippen LogP) is 7.88. The Morgan fingerprint density at radius 3 is 1.37 bits per heavy atom. The molecule has 0 aromatic heterocycles. The standard InChI is InChI=1S/C50H49N3O10/c1-51-49(56)63-46-30-40(24-26-44(46)60-32-36-17-9-4-10-18-36)28-42(48(55)58-2)52-47(54)41(53-50(57)62-34-38-21-13-6-14-22-38)27-39-23-25-43(59-31-35-15-7-3-8-16-35)45(29-39)61-33-37-19-11-5-12-20-37/h3-26,29-30,41-42H,27-28,31-34H2,1-2H3,(H,51,56)(H,52,54)(H,53,57). The SMILES string of the molecule is CNC(=O)Oc1cc(CC(NC(=O)C(Cc2ccc(OCc3ccccc3)c(OCc3ccccc3)c2)NC(=O)OCc2ccccc2)C(=O)OC)ccc1OCc1ccccc1. The second kappa shape index (κ2) is 23.3. The average Bonchev–Trinajstić information content (AvgIpc) is 3.32. The fraction of sp³-hybridized carbons (Fsp3) is 0.200. The van der Waals surface area contributed by atoms with Crippen LogP contribution in [0.3, 0.4) is 0 Å². The Balaban J connectivity index is 1.24. The maximum atomic E-state index is 14.3. The van der Waals surface area contributed by atoms with Crippen molar-refractivity contribution in [2.75, 3.05) is 14.2 Å². The van der Waals surface area contributed by atoms with E-state index in [0.717, 1.165) is 22.3 Å². The summed E-state index contributed by atoms with van der Waals surface area (Å²) in [5.74, 6) is -0.147. The highest BCUT2D eigenvalue weighted by molar-refractivity contribution is 5.90. The lowest BCUT2D eigenvalue weighted by atomic mass is 10.0. The number of hydrogen-bond acceptors (Lipinski definition) is 10. The van der Waals surface area contributed by atoms with Crippen molar-refractivity contribution in [3.63, 3.8) is 0 Å². The summed E-state index contributed by atoms with van der Waals surface area (Å²) < 4.78 is 34.6. The number of rotatable bonds is 20. The molecule has 0 aliphatic heterocycles. The molecule has 6 rings (SSSR count). The number of ether oxygens (including phenoxy) is 6. The highest BCUT2D eigenvalue weighted by atomic mass is 16.6. The molecular formula is C50H49N3O10. The highest BCUT2D eigenvalue weighted by Gasteiger charge is 2.29. The molecule has 0 fully saturated rings. The number of benzene rings is 6. The van der Waals surface area contributed by atoms with Gasteiger partial charge in [0.25, 0.3) is 0 Å². The zero-order valence-electron chi connectivity index (χ0n) is 35.0. The first-order valence-electron chi connectivity index (χ1n) is 20.3. The van der Waals surface area contributed by atoms with Crippen molar-refractivity contribution in [1.29, 1.82) is 0 Å². The van der Waals surface area contributed by atoms with Gasteiger partial charge >= 0.3 is 18.2 Å². The zero-order valence-corrected chi connectivity index (χ0v) is 35.0. The van der Waals surface area contributed by atoms with Gasteiger partial charge in [-0.2, -0.15) is 0 Å². The number of methoxy groups -OCH3 is 1. The van der Waals surface area contributed by atoms with Crippen molar-refractivity contribution in [3.05, 3.63) is 191 Å². The molecule has 2 unspecified atom stereocenters. The Morgan fingerprint density at radius 1 is 0.460 bits per heavy atom. The Bertz CT molecular complexity index is 2400. The van der Waals surface area contributed by atoms with Gasteiger partial charge in [0, 0.05) is 19.9 Å². The molecule has 3 amide bonds. The van der Waals surface area contributed by atoms with Crippen LogP contribution in [0.5, 0.6) is 23.0 Å². The minimum absolute atomic E-state index is 0.0294. The van der Waals surface area contributed by atoms with E-state index in [1.165, 1.54) is 14.2 Å². The molecule has 324 valence electrons. The molecule has 0 aliphatic rings. The molecule has 13 heteroatoms. The molecular weight excluding hydrogens is 803 g/mol. The third-order valence-corrected chi connectivity index (χ3v) is 9.64. The Kier molecular flexibility index (Phi) is 16.5. The van der Waals surface area contributed by atoms with Crippen molar-refractivity contribution in [1.82, 2.24) is 16.0 Å². The number of carbonyl (C=O) groups excluding carboxylic acids is 4. The quantitative estimate of drug-likeness (QED) is 0.0645. The minimum atomic E-state index is -1.24. The van der Waals surface area contributed by atoms with E-state index in [4.69, 9.17) is 28.4 Å². The lowest BCUT2D eigenvalue weighted by Crippen LogP contribution is -2.53. The summed E-state index contributed by atoms with van der Waals surface area (Å²) in [5.41, 5.74) is 4.68. The van der Waals surface area contributed by atoms with Crippen molar-refractivity contribution in [2.45, 2.75) is 51.4 Å². The molecule has 0 bridgehead atoms. The third-order valence-electron chi connectivity index (χ3n) is 9.64. The number of alkyl carbamates (subject to hydrolysis) is 1.